The standard InChI is InChI=1S/C17H23NO4/c1-2-3-4-12-22-14-9-7-13(8-10-14)16(19)18-11-5-6-15(18)17(20)21/h7-10,15H,2-6,11-12H2,1H3,(H,20,21)/p-1/t15-/m0/s1. The highest BCUT2D eigenvalue weighted by Gasteiger charge is 2.30. The number of amides is 1. The Morgan fingerprint density at radius 2 is 2.00 bits per heavy atom. The first-order valence-electron chi connectivity index (χ1n) is 7.88. The van der Waals surface area contributed by atoms with Crippen LogP contribution in [0.5, 0.6) is 5.75 Å². The number of hydrogen-bond acceptors (Lipinski definition) is 4. The Kier molecular flexibility index (Phi) is 5.81. The summed E-state index contributed by atoms with van der Waals surface area (Å²) >= 11 is 0. The second-order valence-corrected chi connectivity index (χ2v) is 5.56. The summed E-state index contributed by atoms with van der Waals surface area (Å²) in [5, 5.41) is 11.0. The molecule has 2 rings (SSSR count). The summed E-state index contributed by atoms with van der Waals surface area (Å²) in [6.45, 7) is 3.27. The van der Waals surface area contributed by atoms with E-state index >= 15 is 0 Å². The summed E-state index contributed by atoms with van der Waals surface area (Å²) in [6.07, 6.45) is 4.45. The molecule has 1 atom stereocenters. The molecule has 1 heterocycles. The molecule has 120 valence electrons. The molecule has 1 aromatic rings. The number of carboxylic acid groups (broad SMARTS) is 1. The second-order valence-electron chi connectivity index (χ2n) is 5.56. The van der Waals surface area contributed by atoms with Crippen LogP contribution in [0.15, 0.2) is 24.3 Å². The monoisotopic (exact) mass is 304 g/mol. The van der Waals surface area contributed by atoms with E-state index in [-0.39, 0.29) is 5.91 Å². The van der Waals surface area contributed by atoms with Gasteiger partial charge in [-0.2, -0.15) is 0 Å². The van der Waals surface area contributed by atoms with Crippen LogP contribution in [-0.4, -0.2) is 36.0 Å². The largest absolute Gasteiger partial charge is 0.548 e. The Labute approximate surface area is 130 Å². The third kappa shape index (κ3) is 4.00. The molecule has 0 bridgehead atoms. The lowest BCUT2D eigenvalue weighted by Gasteiger charge is -2.25. The van der Waals surface area contributed by atoms with E-state index in [9.17, 15) is 14.7 Å². The first-order valence-corrected chi connectivity index (χ1v) is 7.88. The zero-order valence-electron chi connectivity index (χ0n) is 12.9. The van der Waals surface area contributed by atoms with Crippen LogP contribution >= 0.6 is 0 Å². The summed E-state index contributed by atoms with van der Waals surface area (Å²) in [6, 6.07) is 6.06. The predicted octanol–water partition coefficient (Wildman–Crippen LogP) is 1.61. The Morgan fingerprint density at radius 3 is 2.64 bits per heavy atom. The van der Waals surface area contributed by atoms with Crippen LogP contribution in [-0.2, 0) is 4.79 Å². The molecule has 0 N–H and O–H groups in total. The molecule has 1 amide bonds. The van der Waals surface area contributed by atoms with Gasteiger partial charge in [-0.3, -0.25) is 4.79 Å². The summed E-state index contributed by atoms with van der Waals surface area (Å²) in [7, 11) is 0. The minimum atomic E-state index is -1.18. The van der Waals surface area contributed by atoms with E-state index in [1.807, 2.05) is 0 Å². The molecular formula is C17H22NO4-. The number of carboxylic acids is 1. The average Bonchev–Trinajstić information content (AvgIpc) is 3.01. The van der Waals surface area contributed by atoms with Gasteiger partial charge in [-0.1, -0.05) is 19.8 Å². The minimum absolute atomic E-state index is 0.260. The molecule has 5 heteroatoms. The van der Waals surface area contributed by atoms with E-state index in [4.69, 9.17) is 4.74 Å². The van der Waals surface area contributed by atoms with Gasteiger partial charge in [0.25, 0.3) is 5.91 Å². The molecule has 1 fully saturated rings. The summed E-state index contributed by atoms with van der Waals surface area (Å²) in [5.74, 6) is -0.712. The van der Waals surface area contributed by atoms with E-state index in [0.717, 1.165) is 25.0 Å². The predicted molar refractivity (Wildman–Crippen MR) is 80.5 cm³/mol. The molecule has 0 aliphatic carbocycles. The molecule has 22 heavy (non-hydrogen) atoms. The normalized spacial score (nSPS) is 17.5. The van der Waals surface area contributed by atoms with E-state index in [0.29, 0.717) is 31.6 Å². The molecule has 0 unspecified atom stereocenters. The van der Waals surface area contributed by atoms with Crippen molar-refractivity contribution in [2.75, 3.05) is 13.2 Å². The average molecular weight is 304 g/mol. The molecule has 1 aliphatic rings. The number of likely N-dealkylation sites (tertiary alicyclic amines) is 1. The highest BCUT2D eigenvalue weighted by atomic mass is 16.5. The van der Waals surface area contributed by atoms with Crippen molar-refractivity contribution in [3.63, 3.8) is 0 Å². The topological polar surface area (TPSA) is 69.7 Å². The van der Waals surface area contributed by atoms with Gasteiger partial charge >= 0.3 is 0 Å². The van der Waals surface area contributed by atoms with Crippen LogP contribution in [0.1, 0.15) is 49.4 Å². The van der Waals surface area contributed by atoms with Gasteiger partial charge in [0.05, 0.1) is 18.6 Å². The molecule has 1 saturated heterocycles. The van der Waals surface area contributed by atoms with Crippen LogP contribution in [0.4, 0.5) is 0 Å². The quantitative estimate of drug-likeness (QED) is 0.718. The van der Waals surface area contributed by atoms with Crippen molar-refractivity contribution >= 4 is 11.9 Å². The van der Waals surface area contributed by atoms with Crippen molar-refractivity contribution in [3.8, 4) is 5.75 Å². The second kappa shape index (κ2) is 7.82. The van der Waals surface area contributed by atoms with Crippen molar-refractivity contribution in [3.05, 3.63) is 29.8 Å². The zero-order chi connectivity index (χ0) is 15.9. The van der Waals surface area contributed by atoms with Gasteiger partial charge in [0, 0.05) is 12.1 Å². The summed E-state index contributed by atoms with van der Waals surface area (Å²) in [4.78, 5) is 24.8. The van der Waals surface area contributed by atoms with Crippen molar-refractivity contribution in [2.24, 2.45) is 0 Å². The fourth-order valence-corrected chi connectivity index (χ4v) is 2.66. The van der Waals surface area contributed by atoms with Crippen molar-refractivity contribution in [2.45, 2.75) is 45.1 Å². The smallest absolute Gasteiger partial charge is 0.254 e. The lowest BCUT2D eigenvalue weighted by Crippen LogP contribution is -2.46. The van der Waals surface area contributed by atoms with E-state index in [2.05, 4.69) is 6.92 Å². The molecule has 5 nitrogen and oxygen atoms in total. The fourth-order valence-electron chi connectivity index (χ4n) is 2.66. The molecule has 0 radical (unpaired) electrons. The van der Waals surface area contributed by atoms with Crippen LogP contribution in [0.2, 0.25) is 0 Å². The number of ether oxygens (including phenoxy) is 1. The maximum absolute atomic E-state index is 12.4. The lowest BCUT2D eigenvalue weighted by atomic mass is 10.1. The number of carbonyl (C=O) groups is 2. The lowest BCUT2D eigenvalue weighted by molar-refractivity contribution is -0.310. The molecular weight excluding hydrogens is 282 g/mol. The number of aliphatic carboxylic acids is 1. The highest BCUT2D eigenvalue weighted by Crippen LogP contribution is 2.21. The summed E-state index contributed by atoms with van der Waals surface area (Å²) < 4.78 is 5.60. The maximum Gasteiger partial charge on any atom is 0.254 e. The van der Waals surface area contributed by atoms with Crippen LogP contribution in [0.25, 0.3) is 0 Å². The number of hydrogen-bond donors (Lipinski definition) is 0. The number of rotatable bonds is 7. The van der Waals surface area contributed by atoms with Gasteiger partial charge in [0.15, 0.2) is 0 Å². The van der Waals surface area contributed by atoms with Crippen LogP contribution < -0.4 is 9.84 Å². The Bertz CT molecular complexity index is 512. The van der Waals surface area contributed by atoms with E-state index < -0.39 is 12.0 Å². The van der Waals surface area contributed by atoms with Gasteiger partial charge in [0.1, 0.15) is 5.75 Å². The van der Waals surface area contributed by atoms with Gasteiger partial charge in [-0.05, 0) is 43.5 Å². The van der Waals surface area contributed by atoms with Crippen molar-refractivity contribution in [1.29, 1.82) is 0 Å². The molecule has 0 saturated carbocycles. The summed E-state index contributed by atoms with van der Waals surface area (Å²) in [5.41, 5.74) is 0.481. The first-order chi connectivity index (χ1) is 10.6. The van der Waals surface area contributed by atoms with Gasteiger partial charge in [-0.15, -0.1) is 0 Å². The van der Waals surface area contributed by atoms with Crippen molar-refractivity contribution < 1.29 is 19.4 Å². The Balaban J connectivity index is 1.95. The van der Waals surface area contributed by atoms with Crippen LogP contribution in [0, 0.1) is 0 Å². The molecule has 0 aromatic heterocycles. The van der Waals surface area contributed by atoms with Crippen molar-refractivity contribution in [1.82, 2.24) is 4.90 Å². The number of carbonyl (C=O) groups excluding carboxylic acids is 2. The Morgan fingerprint density at radius 1 is 1.27 bits per heavy atom. The van der Waals surface area contributed by atoms with Gasteiger partial charge in [0.2, 0.25) is 0 Å². The first kappa shape index (κ1) is 16.3. The zero-order valence-corrected chi connectivity index (χ0v) is 12.9. The minimum Gasteiger partial charge on any atom is -0.548 e. The highest BCUT2D eigenvalue weighted by molar-refractivity contribution is 5.96. The number of nitrogens with zero attached hydrogens (tertiary/aromatic N) is 1. The molecule has 1 aliphatic heterocycles. The third-order valence-electron chi connectivity index (χ3n) is 3.90. The maximum atomic E-state index is 12.4. The molecule has 1 aromatic carbocycles. The molecule has 0 spiro atoms. The van der Waals surface area contributed by atoms with Gasteiger partial charge in [-0.25, -0.2) is 0 Å². The van der Waals surface area contributed by atoms with Gasteiger partial charge < -0.3 is 19.5 Å². The SMILES string of the molecule is CCCCCOc1ccc(C(=O)N2CCC[C@H]2C(=O)[O-])cc1. The fraction of sp³-hybridized carbons (Fsp3) is 0.529. The Hall–Kier alpha value is -2.04. The number of benzene rings is 1. The van der Waals surface area contributed by atoms with E-state index in [1.54, 1.807) is 24.3 Å². The third-order valence-corrected chi connectivity index (χ3v) is 3.90. The number of unbranched alkanes of at least 4 members (excludes halogenated alkanes) is 2. The van der Waals surface area contributed by atoms with E-state index in [1.165, 1.54) is 4.90 Å². The van der Waals surface area contributed by atoms with Crippen LogP contribution in [0.3, 0.4) is 0 Å².